The minimum absolute atomic E-state index is 0.163. The molecule has 4 nitrogen and oxygen atoms in total. The number of rotatable bonds is 5. The van der Waals surface area contributed by atoms with Gasteiger partial charge in [-0.15, -0.1) is 11.3 Å². The van der Waals surface area contributed by atoms with Gasteiger partial charge in [-0.1, -0.05) is 29.8 Å². The van der Waals surface area contributed by atoms with Gasteiger partial charge in [0.05, 0.1) is 4.88 Å². The highest BCUT2D eigenvalue weighted by Gasteiger charge is 2.25. The summed E-state index contributed by atoms with van der Waals surface area (Å²) in [5.74, 6) is 0.995. The molecule has 1 aliphatic rings. The number of amides is 1. The molecule has 6 heteroatoms. The van der Waals surface area contributed by atoms with E-state index >= 15 is 0 Å². The highest BCUT2D eigenvalue weighted by molar-refractivity contribution is 7.21. The number of benzene rings is 2. The molecule has 1 amide bonds. The molecule has 0 aliphatic carbocycles. The van der Waals surface area contributed by atoms with Crippen LogP contribution in [-0.4, -0.2) is 55.0 Å². The molecule has 1 aliphatic heterocycles. The molecule has 1 aromatic heterocycles. The number of halogens is 1. The second-order valence-electron chi connectivity index (χ2n) is 6.99. The molecular formula is C22H23ClN2O2S. The van der Waals surface area contributed by atoms with E-state index in [2.05, 4.69) is 24.0 Å². The molecule has 28 heavy (non-hydrogen) atoms. The van der Waals surface area contributed by atoms with Crippen molar-refractivity contribution in [3.63, 3.8) is 0 Å². The van der Waals surface area contributed by atoms with E-state index in [-0.39, 0.29) is 5.91 Å². The zero-order chi connectivity index (χ0) is 19.5. The maximum absolute atomic E-state index is 13.0. The van der Waals surface area contributed by atoms with E-state index in [1.807, 2.05) is 41.3 Å². The Balaban J connectivity index is 1.29. The van der Waals surface area contributed by atoms with Gasteiger partial charge in [-0.25, -0.2) is 0 Å². The lowest BCUT2D eigenvalue weighted by Gasteiger charge is -2.34. The van der Waals surface area contributed by atoms with Crippen molar-refractivity contribution in [3.8, 4) is 5.75 Å². The Morgan fingerprint density at radius 1 is 1.07 bits per heavy atom. The highest BCUT2D eigenvalue weighted by atomic mass is 35.5. The summed E-state index contributed by atoms with van der Waals surface area (Å²) < 4.78 is 6.96. The molecule has 2 aromatic carbocycles. The molecule has 1 fully saturated rings. The molecule has 1 saturated heterocycles. The SMILES string of the molecule is Cc1c(C(=O)N2CCN(CCOc3ccc(Cl)cc3)CC2)sc2ccccc12. The first-order valence-corrected chi connectivity index (χ1v) is 10.7. The van der Waals surface area contributed by atoms with E-state index in [9.17, 15) is 4.79 Å². The fourth-order valence-corrected chi connectivity index (χ4v) is 4.82. The van der Waals surface area contributed by atoms with Gasteiger partial charge in [-0.05, 0) is 48.2 Å². The van der Waals surface area contributed by atoms with Crippen molar-refractivity contribution in [1.82, 2.24) is 9.80 Å². The summed E-state index contributed by atoms with van der Waals surface area (Å²) in [6.07, 6.45) is 0. The second-order valence-corrected chi connectivity index (χ2v) is 8.48. The van der Waals surface area contributed by atoms with Gasteiger partial charge in [0.15, 0.2) is 0 Å². The largest absolute Gasteiger partial charge is 0.492 e. The summed E-state index contributed by atoms with van der Waals surface area (Å²) >= 11 is 7.49. The lowest BCUT2D eigenvalue weighted by molar-refractivity contribution is 0.0624. The number of hydrogen-bond donors (Lipinski definition) is 0. The Kier molecular flexibility index (Phi) is 5.85. The topological polar surface area (TPSA) is 32.8 Å². The average Bonchev–Trinajstić information content (AvgIpc) is 3.06. The third kappa shape index (κ3) is 4.17. The van der Waals surface area contributed by atoms with Gasteiger partial charge in [-0.3, -0.25) is 9.69 Å². The molecule has 0 unspecified atom stereocenters. The van der Waals surface area contributed by atoms with Crippen LogP contribution in [0.25, 0.3) is 10.1 Å². The van der Waals surface area contributed by atoms with E-state index in [0.717, 1.165) is 48.9 Å². The van der Waals surface area contributed by atoms with E-state index in [0.29, 0.717) is 11.6 Å². The van der Waals surface area contributed by atoms with E-state index in [4.69, 9.17) is 16.3 Å². The van der Waals surface area contributed by atoms with Crippen LogP contribution >= 0.6 is 22.9 Å². The summed E-state index contributed by atoms with van der Waals surface area (Å²) in [5.41, 5.74) is 1.10. The van der Waals surface area contributed by atoms with Crippen molar-refractivity contribution in [3.05, 3.63) is 64.0 Å². The van der Waals surface area contributed by atoms with Crippen LogP contribution < -0.4 is 4.74 Å². The molecule has 3 aromatic rings. The van der Waals surface area contributed by atoms with Gasteiger partial charge in [0.1, 0.15) is 12.4 Å². The molecule has 0 radical (unpaired) electrons. The first-order valence-electron chi connectivity index (χ1n) is 9.50. The van der Waals surface area contributed by atoms with Gasteiger partial charge < -0.3 is 9.64 Å². The lowest BCUT2D eigenvalue weighted by atomic mass is 10.1. The van der Waals surface area contributed by atoms with Crippen molar-refractivity contribution >= 4 is 38.9 Å². The number of hydrogen-bond acceptors (Lipinski definition) is 4. The lowest BCUT2D eigenvalue weighted by Crippen LogP contribution is -2.49. The van der Waals surface area contributed by atoms with Crippen LogP contribution in [0.3, 0.4) is 0 Å². The first-order chi connectivity index (χ1) is 13.6. The Morgan fingerprint density at radius 2 is 1.79 bits per heavy atom. The zero-order valence-corrected chi connectivity index (χ0v) is 17.4. The molecule has 0 atom stereocenters. The van der Waals surface area contributed by atoms with E-state index in [1.54, 1.807) is 11.3 Å². The summed E-state index contributed by atoms with van der Waals surface area (Å²) in [6, 6.07) is 15.7. The number of aryl methyl sites for hydroxylation is 1. The second kappa shape index (κ2) is 8.52. The average molecular weight is 415 g/mol. The number of carbonyl (C=O) groups is 1. The van der Waals surface area contributed by atoms with Gasteiger partial charge >= 0.3 is 0 Å². The minimum atomic E-state index is 0.163. The summed E-state index contributed by atoms with van der Waals surface area (Å²) in [7, 11) is 0. The van der Waals surface area contributed by atoms with Crippen LogP contribution in [-0.2, 0) is 0 Å². The summed E-state index contributed by atoms with van der Waals surface area (Å²) in [5, 5.41) is 1.90. The number of piperazine rings is 1. The van der Waals surface area contributed by atoms with Crippen LogP contribution in [0.15, 0.2) is 48.5 Å². The monoisotopic (exact) mass is 414 g/mol. The Labute approximate surface area is 174 Å². The predicted molar refractivity (Wildman–Crippen MR) is 116 cm³/mol. The number of thiophene rings is 1. The first kappa shape index (κ1) is 19.2. The van der Waals surface area contributed by atoms with E-state index < -0.39 is 0 Å². The minimum Gasteiger partial charge on any atom is -0.492 e. The van der Waals surface area contributed by atoms with Crippen molar-refractivity contribution in [2.45, 2.75) is 6.92 Å². The fraction of sp³-hybridized carbons (Fsp3) is 0.318. The standard InChI is InChI=1S/C22H23ClN2O2S/c1-16-19-4-2-3-5-20(19)28-21(16)22(26)25-12-10-24(11-13-25)14-15-27-18-8-6-17(23)7-9-18/h2-9H,10-15H2,1H3. The molecule has 0 saturated carbocycles. The highest BCUT2D eigenvalue weighted by Crippen LogP contribution is 2.31. The van der Waals surface area contributed by atoms with Gasteiger partial charge in [0.25, 0.3) is 5.91 Å². The third-order valence-corrected chi connectivity index (χ3v) is 6.70. The normalized spacial score (nSPS) is 15.1. The predicted octanol–water partition coefficient (Wildman–Crippen LogP) is 4.70. The molecule has 0 spiro atoms. The van der Waals surface area contributed by atoms with E-state index in [1.165, 1.54) is 10.1 Å². The fourth-order valence-electron chi connectivity index (χ4n) is 3.52. The third-order valence-electron chi connectivity index (χ3n) is 5.19. The van der Waals surface area contributed by atoms with Crippen LogP contribution in [0.1, 0.15) is 15.2 Å². The molecule has 2 heterocycles. The molecule has 0 N–H and O–H groups in total. The smallest absolute Gasteiger partial charge is 0.264 e. The number of fused-ring (bicyclic) bond motifs is 1. The number of carbonyl (C=O) groups excluding carboxylic acids is 1. The Bertz CT molecular complexity index is 962. The Hall–Kier alpha value is -2.08. The van der Waals surface area contributed by atoms with Crippen molar-refractivity contribution < 1.29 is 9.53 Å². The van der Waals surface area contributed by atoms with Crippen molar-refractivity contribution in [1.29, 1.82) is 0 Å². The maximum atomic E-state index is 13.0. The van der Waals surface area contributed by atoms with Crippen molar-refractivity contribution in [2.24, 2.45) is 0 Å². The van der Waals surface area contributed by atoms with Gasteiger partial charge in [-0.2, -0.15) is 0 Å². The van der Waals surface area contributed by atoms with Crippen LogP contribution in [0.4, 0.5) is 0 Å². The van der Waals surface area contributed by atoms with Crippen LogP contribution in [0.5, 0.6) is 5.75 Å². The van der Waals surface area contributed by atoms with Crippen LogP contribution in [0, 0.1) is 6.92 Å². The molecular weight excluding hydrogens is 392 g/mol. The molecule has 146 valence electrons. The van der Waals surface area contributed by atoms with Crippen LogP contribution in [0.2, 0.25) is 5.02 Å². The van der Waals surface area contributed by atoms with Gasteiger partial charge in [0.2, 0.25) is 0 Å². The Morgan fingerprint density at radius 3 is 2.50 bits per heavy atom. The summed E-state index contributed by atoms with van der Waals surface area (Å²) in [6.45, 7) is 6.80. The van der Waals surface area contributed by atoms with Crippen molar-refractivity contribution in [2.75, 3.05) is 39.3 Å². The number of nitrogens with zero attached hydrogens (tertiary/aromatic N) is 2. The zero-order valence-electron chi connectivity index (χ0n) is 15.9. The quantitative estimate of drug-likeness (QED) is 0.606. The maximum Gasteiger partial charge on any atom is 0.264 e. The van der Waals surface area contributed by atoms with Gasteiger partial charge in [0, 0.05) is 42.4 Å². The molecule has 4 rings (SSSR count). The summed E-state index contributed by atoms with van der Waals surface area (Å²) in [4.78, 5) is 18.2. The molecule has 0 bridgehead atoms. The number of ether oxygens (including phenoxy) is 1.